The molecule has 1 atom stereocenters. The molecule has 0 radical (unpaired) electrons. The summed E-state index contributed by atoms with van der Waals surface area (Å²) in [5.41, 5.74) is 4.80. The zero-order chi connectivity index (χ0) is 30.7. The molecule has 0 aromatic heterocycles. The van der Waals surface area contributed by atoms with Gasteiger partial charge in [0.05, 0.1) is 38.7 Å². The summed E-state index contributed by atoms with van der Waals surface area (Å²) in [4.78, 5) is 29.9. The van der Waals surface area contributed by atoms with Crippen LogP contribution in [0.1, 0.15) is 62.3 Å². The third-order valence-corrected chi connectivity index (χ3v) is 8.87. The first-order valence-corrected chi connectivity index (χ1v) is 15.4. The van der Waals surface area contributed by atoms with E-state index in [1.165, 1.54) is 7.11 Å². The zero-order valence-corrected chi connectivity index (χ0v) is 26.4. The molecule has 43 heavy (non-hydrogen) atoms. The van der Waals surface area contributed by atoms with Gasteiger partial charge in [-0.25, -0.2) is 0 Å². The molecule has 3 aromatic carbocycles. The molecule has 8 heteroatoms. The summed E-state index contributed by atoms with van der Waals surface area (Å²) in [6.45, 7) is 4.88. The van der Waals surface area contributed by atoms with Gasteiger partial charge in [-0.2, -0.15) is 0 Å². The van der Waals surface area contributed by atoms with Crippen molar-refractivity contribution in [3.8, 4) is 11.5 Å². The molecule has 1 saturated carbocycles. The van der Waals surface area contributed by atoms with Crippen molar-refractivity contribution in [2.45, 2.75) is 58.1 Å². The predicted octanol–water partition coefficient (Wildman–Crippen LogP) is 7.23. The second-order valence-corrected chi connectivity index (χ2v) is 12.3. The van der Waals surface area contributed by atoms with Crippen LogP contribution in [0.2, 0.25) is 5.02 Å². The maximum Gasteiger partial charge on any atom is 0.308 e. The Bertz CT molecular complexity index is 1430. The van der Waals surface area contributed by atoms with Crippen molar-refractivity contribution in [1.29, 1.82) is 0 Å². The van der Waals surface area contributed by atoms with Gasteiger partial charge in [0.25, 0.3) is 0 Å². The number of benzene rings is 3. The Hall–Kier alpha value is -3.71. The molecular weight excluding hydrogens is 564 g/mol. The van der Waals surface area contributed by atoms with Crippen molar-refractivity contribution in [1.82, 2.24) is 0 Å². The van der Waals surface area contributed by atoms with Gasteiger partial charge >= 0.3 is 5.97 Å². The Balaban J connectivity index is 1.42. The molecular formula is C35H41ClN2O5. The Morgan fingerprint density at radius 3 is 2.26 bits per heavy atom. The largest absolute Gasteiger partial charge is 0.493 e. The monoisotopic (exact) mass is 604 g/mol. The normalized spacial score (nSPS) is 20.0. The zero-order valence-electron chi connectivity index (χ0n) is 25.6. The van der Waals surface area contributed by atoms with Crippen LogP contribution in [0.3, 0.4) is 0 Å². The van der Waals surface area contributed by atoms with Crippen LogP contribution in [0.15, 0.2) is 60.7 Å². The molecule has 0 spiro atoms. The topological polar surface area (TPSA) is 68.3 Å². The highest BCUT2D eigenvalue weighted by Gasteiger charge is 2.36. The number of anilines is 2. The maximum atomic E-state index is 13.8. The molecule has 5 rings (SSSR count). The average molecular weight is 605 g/mol. The molecule has 1 amide bonds. The van der Waals surface area contributed by atoms with Crippen LogP contribution in [0, 0.1) is 11.8 Å². The van der Waals surface area contributed by atoms with Crippen LogP contribution < -0.4 is 19.3 Å². The van der Waals surface area contributed by atoms with Gasteiger partial charge in [-0.15, -0.1) is 0 Å². The van der Waals surface area contributed by atoms with Crippen LogP contribution >= 0.6 is 11.6 Å². The number of hydrogen-bond donors (Lipinski definition) is 0. The predicted molar refractivity (Wildman–Crippen MR) is 170 cm³/mol. The second-order valence-electron chi connectivity index (χ2n) is 11.9. The van der Waals surface area contributed by atoms with Gasteiger partial charge in [0.15, 0.2) is 11.5 Å². The van der Waals surface area contributed by atoms with Crippen LogP contribution in [-0.4, -0.2) is 45.8 Å². The number of esters is 1. The minimum absolute atomic E-state index is 0.00972. The quantitative estimate of drug-likeness (QED) is 0.240. The van der Waals surface area contributed by atoms with E-state index in [2.05, 4.69) is 24.1 Å². The van der Waals surface area contributed by atoms with Crippen molar-refractivity contribution in [2.75, 3.05) is 37.6 Å². The molecule has 1 aliphatic heterocycles. The fourth-order valence-electron chi connectivity index (χ4n) is 6.44. The van der Waals surface area contributed by atoms with Gasteiger partial charge in [-0.1, -0.05) is 23.7 Å². The molecule has 0 bridgehead atoms. The first-order chi connectivity index (χ1) is 20.7. The molecule has 0 saturated heterocycles. The average Bonchev–Trinajstić information content (AvgIpc) is 3.00. The second kappa shape index (κ2) is 13.3. The molecule has 1 heterocycles. The first kappa shape index (κ1) is 30.7. The number of ether oxygens (including phenoxy) is 3. The number of hydrogen-bond acceptors (Lipinski definition) is 6. The lowest BCUT2D eigenvalue weighted by Gasteiger charge is -2.38. The minimum Gasteiger partial charge on any atom is -0.493 e. The summed E-state index contributed by atoms with van der Waals surface area (Å²) in [5.74, 6) is 1.75. The number of carbonyl (C=O) groups is 2. The molecule has 3 aromatic rings. The SMILES string of the molecule is COc1cc2c(cc1OC(C)C)[C@H](c1ccc(Cl)cc1)N(c1ccc(N(C)C[C@H]3CC[C@H](C(=O)OC)CC3)cc1)C(=O)C2. The first-order valence-electron chi connectivity index (χ1n) is 15.0. The van der Waals surface area contributed by atoms with E-state index in [1.54, 1.807) is 7.11 Å². The van der Waals surface area contributed by atoms with Crippen molar-refractivity contribution < 1.29 is 23.8 Å². The standard InChI is InChI=1S/C35H41ClN2O5/c1-22(2)43-32-20-30-26(18-31(32)41-4)19-33(39)38(34(30)24-10-12-27(36)13-11-24)29-16-14-28(15-17-29)37(3)21-23-6-8-25(9-7-23)35(40)42-5/h10-18,20,22-23,25,34H,6-9,19,21H2,1-5H3/t23-,25-,34-/m0/s1. The number of halogens is 1. The highest BCUT2D eigenvalue weighted by atomic mass is 35.5. The third kappa shape index (κ3) is 6.77. The van der Waals surface area contributed by atoms with Crippen LogP contribution in [0.4, 0.5) is 11.4 Å². The molecule has 0 unspecified atom stereocenters. The van der Waals surface area contributed by atoms with E-state index >= 15 is 0 Å². The molecule has 1 fully saturated rings. The van der Waals surface area contributed by atoms with E-state index in [0.717, 1.165) is 60.3 Å². The maximum absolute atomic E-state index is 13.8. The fourth-order valence-corrected chi connectivity index (χ4v) is 6.56. The molecule has 2 aliphatic rings. The van der Waals surface area contributed by atoms with E-state index in [1.807, 2.05) is 67.3 Å². The third-order valence-electron chi connectivity index (χ3n) is 8.62. The fraction of sp³-hybridized carbons (Fsp3) is 0.429. The number of rotatable bonds is 9. The van der Waals surface area contributed by atoms with Crippen LogP contribution in [-0.2, 0) is 20.7 Å². The van der Waals surface area contributed by atoms with E-state index in [9.17, 15) is 9.59 Å². The number of nitrogens with zero attached hydrogens (tertiary/aromatic N) is 2. The van der Waals surface area contributed by atoms with E-state index in [4.69, 9.17) is 25.8 Å². The lowest BCUT2D eigenvalue weighted by atomic mass is 9.82. The Labute approximate surface area is 259 Å². The summed E-state index contributed by atoms with van der Waals surface area (Å²) in [7, 11) is 5.19. The van der Waals surface area contributed by atoms with Gasteiger partial charge in [0.1, 0.15) is 0 Å². The van der Waals surface area contributed by atoms with Crippen molar-refractivity contribution in [3.05, 3.63) is 82.4 Å². The summed E-state index contributed by atoms with van der Waals surface area (Å²) < 4.78 is 16.7. The summed E-state index contributed by atoms with van der Waals surface area (Å²) in [5, 5.41) is 0.641. The minimum atomic E-state index is -0.359. The van der Waals surface area contributed by atoms with Gasteiger partial charge in [0, 0.05) is 30.0 Å². The Morgan fingerprint density at radius 2 is 1.65 bits per heavy atom. The smallest absolute Gasteiger partial charge is 0.308 e. The van der Waals surface area contributed by atoms with Crippen molar-refractivity contribution in [2.24, 2.45) is 11.8 Å². The van der Waals surface area contributed by atoms with Gasteiger partial charge in [-0.05, 0) is 111 Å². The summed E-state index contributed by atoms with van der Waals surface area (Å²) in [6, 6.07) is 19.5. The molecule has 228 valence electrons. The van der Waals surface area contributed by atoms with Gasteiger partial charge in [-0.3, -0.25) is 9.59 Å². The Morgan fingerprint density at radius 1 is 0.977 bits per heavy atom. The molecule has 7 nitrogen and oxygen atoms in total. The lowest BCUT2D eigenvalue weighted by Crippen LogP contribution is -2.41. The van der Waals surface area contributed by atoms with Crippen LogP contribution in [0.5, 0.6) is 11.5 Å². The number of methoxy groups -OCH3 is 2. The van der Waals surface area contributed by atoms with Crippen molar-refractivity contribution >= 4 is 34.9 Å². The Kier molecular flexibility index (Phi) is 9.50. The van der Waals surface area contributed by atoms with E-state index in [-0.39, 0.29) is 36.4 Å². The van der Waals surface area contributed by atoms with E-state index in [0.29, 0.717) is 22.4 Å². The van der Waals surface area contributed by atoms with Crippen LogP contribution in [0.25, 0.3) is 0 Å². The molecule has 0 N–H and O–H groups in total. The highest BCUT2D eigenvalue weighted by molar-refractivity contribution is 6.30. The van der Waals surface area contributed by atoms with Crippen molar-refractivity contribution in [3.63, 3.8) is 0 Å². The lowest BCUT2D eigenvalue weighted by molar-refractivity contribution is -0.146. The number of amides is 1. The number of fused-ring (bicyclic) bond motifs is 1. The molecule has 1 aliphatic carbocycles. The highest BCUT2D eigenvalue weighted by Crippen LogP contribution is 2.44. The summed E-state index contributed by atoms with van der Waals surface area (Å²) in [6.07, 6.45) is 4.01. The van der Waals surface area contributed by atoms with Gasteiger partial charge < -0.3 is 24.0 Å². The summed E-state index contributed by atoms with van der Waals surface area (Å²) >= 11 is 6.26. The van der Waals surface area contributed by atoms with E-state index < -0.39 is 0 Å². The number of carbonyl (C=O) groups excluding carboxylic acids is 2. The van der Waals surface area contributed by atoms with Gasteiger partial charge in [0.2, 0.25) is 5.91 Å².